The number of rotatable bonds is 9. The van der Waals surface area contributed by atoms with Gasteiger partial charge in [0.15, 0.2) is 0 Å². The van der Waals surface area contributed by atoms with Gasteiger partial charge in [-0.05, 0) is 42.5 Å². The molecule has 0 bridgehead atoms. The Bertz CT molecular complexity index is 1320. The SMILES string of the molecule is CC(C)CN(CC1(c2cccc(C(F)(F)F)c2)CCN(C(=O)CN2CCN(c3cnccn3)CC2)CC1)c1ccccc1. The van der Waals surface area contributed by atoms with Gasteiger partial charge in [-0.1, -0.05) is 50.2 Å². The van der Waals surface area contributed by atoms with E-state index in [1.165, 1.54) is 12.1 Å². The van der Waals surface area contributed by atoms with Crippen LogP contribution < -0.4 is 9.80 Å². The second-order valence-corrected chi connectivity index (χ2v) is 12.2. The number of hydrogen-bond donors (Lipinski definition) is 0. The highest BCUT2D eigenvalue weighted by molar-refractivity contribution is 5.78. The number of anilines is 2. The summed E-state index contributed by atoms with van der Waals surface area (Å²) in [7, 11) is 0. The van der Waals surface area contributed by atoms with Crippen LogP contribution in [0.3, 0.4) is 0 Å². The van der Waals surface area contributed by atoms with Crippen LogP contribution in [0.25, 0.3) is 0 Å². The Hall–Kier alpha value is -3.66. The highest BCUT2D eigenvalue weighted by Gasteiger charge is 2.41. The van der Waals surface area contributed by atoms with Crippen molar-refractivity contribution in [3.63, 3.8) is 0 Å². The van der Waals surface area contributed by atoms with Crippen molar-refractivity contribution in [3.05, 3.63) is 84.3 Å². The van der Waals surface area contributed by atoms with Crippen molar-refractivity contribution in [2.24, 2.45) is 5.92 Å². The van der Waals surface area contributed by atoms with Crippen LogP contribution in [0.4, 0.5) is 24.7 Å². The number of carbonyl (C=O) groups excluding carboxylic acids is 1. The average molecular weight is 595 g/mol. The predicted molar refractivity (Wildman–Crippen MR) is 163 cm³/mol. The molecule has 2 aliphatic heterocycles. The van der Waals surface area contributed by atoms with Gasteiger partial charge >= 0.3 is 6.18 Å². The zero-order chi connectivity index (χ0) is 30.5. The number of carbonyl (C=O) groups is 1. The van der Waals surface area contributed by atoms with Gasteiger partial charge in [0.25, 0.3) is 0 Å². The second-order valence-electron chi connectivity index (χ2n) is 12.2. The molecular formula is C33H41F3N6O. The first-order chi connectivity index (χ1) is 20.6. The van der Waals surface area contributed by atoms with E-state index in [9.17, 15) is 18.0 Å². The van der Waals surface area contributed by atoms with Crippen LogP contribution in [0.5, 0.6) is 0 Å². The van der Waals surface area contributed by atoms with Crippen molar-refractivity contribution >= 4 is 17.4 Å². The minimum Gasteiger partial charge on any atom is -0.370 e. The first-order valence-electron chi connectivity index (χ1n) is 15.1. The van der Waals surface area contributed by atoms with Gasteiger partial charge in [0, 0.05) is 75.9 Å². The van der Waals surface area contributed by atoms with Crippen LogP contribution in [0, 0.1) is 5.92 Å². The fraction of sp³-hybridized carbons (Fsp3) is 0.485. The van der Waals surface area contributed by atoms with Crippen LogP contribution in [-0.4, -0.2) is 84.6 Å². The number of halogens is 3. The number of para-hydroxylation sites is 1. The molecule has 0 radical (unpaired) electrons. The van der Waals surface area contributed by atoms with E-state index in [-0.39, 0.29) is 5.91 Å². The van der Waals surface area contributed by atoms with Gasteiger partial charge in [0.1, 0.15) is 5.82 Å². The van der Waals surface area contributed by atoms with E-state index in [4.69, 9.17) is 0 Å². The Morgan fingerprint density at radius 1 is 0.953 bits per heavy atom. The van der Waals surface area contributed by atoms with Gasteiger partial charge in [0.05, 0.1) is 18.3 Å². The summed E-state index contributed by atoms with van der Waals surface area (Å²) in [5.74, 6) is 1.29. The van der Waals surface area contributed by atoms with Gasteiger partial charge in [-0.25, -0.2) is 4.98 Å². The third-order valence-corrected chi connectivity index (χ3v) is 8.68. The minimum absolute atomic E-state index is 0.0766. The lowest BCUT2D eigenvalue weighted by Crippen LogP contribution is -2.54. The van der Waals surface area contributed by atoms with Crippen molar-refractivity contribution in [1.82, 2.24) is 19.8 Å². The molecule has 5 rings (SSSR count). The van der Waals surface area contributed by atoms with Crippen molar-refractivity contribution in [3.8, 4) is 0 Å². The summed E-state index contributed by atoms with van der Waals surface area (Å²) in [6.07, 6.45) is 1.88. The number of aromatic nitrogens is 2. The summed E-state index contributed by atoms with van der Waals surface area (Å²) in [5.41, 5.74) is 0.602. The largest absolute Gasteiger partial charge is 0.416 e. The number of piperazine rings is 1. The molecule has 0 atom stereocenters. The molecule has 0 aliphatic carbocycles. The fourth-order valence-electron chi connectivity index (χ4n) is 6.33. The normalized spacial score (nSPS) is 17.7. The zero-order valence-electron chi connectivity index (χ0n) is 25.0. The van der Waals surface area contributed by atoms with E-state index in [0.29, 0.717) is 50.5 Å². The van der Waals surface area contributed by atoms with Gasteiger partial charge < -0.3 is 14.7 Å². The lowest BCUT2D eigenvalue weighted by molar-refractivity contribution is -0.137. The maximum absolute atomic E-state index is 13.8. The third kappa shape index (κ3) is 7.65. The quantitative estimate of drug-likeness (QED) is 0.334. The highest BCUT2D eigenvalue weighted by atomic mass is 19.4. The molecular weight excluding hydrogens is 553 g/mol. The van der Waals surface area contributed by atoms with Crippen LogP contribution in [0.2, 0.25) is 0 Å². The number of amides is 1. The first-order valence-corrected chi connectivity index (χ1v) is 15.1. The zero-order valence-corrected chi connectivity index (χ0v) is 25.0. The number of piperidine rings is 1. The molecule has 0 unspecified atom stereocenters. The van der Waals surface area contributed by atoms with Crippen LogP contribution in [0.1, 0.15) is 37.8 Å². The topological polar surface area (TPSA) is 55.8 Å². The Kier molecular flexibility index (Phi) is 9.54. The molecule has 1 amide bonds. The molecule has 2 aromatic carbocycles. The van der Waals surface area contributed by atoms with Gasteiger partial charge in [-0.15, -0.1) is 0 Å². The summed E-state index contributed by atoms with van der Waals surface area (Å²) in [6, 6.07) is 15.9. The molecule has 7 nitrogen and oxygen atoms in total. The Morgan fingerprint density at radius 3 is 2.30 bits per heavy atom. The maximum atomic E-state index is 13.8. The number of hydrogen-bond acceptors (Lipinski definition) is 6. The van der Waals surface area contributed by atoms with E-state index < -0.39 is 17.2 Å². The average Bonchev–Trinajstić information content (AvgIpc) is 3.02. The smallest absolute Gasteiger partial charge is 0.370 e. The van der Waals surface area contributed by atoms with E-state index in [1.54, 1.807) is 18.6 Å². The highest BCUT2D eigenvalue weighted by Crippen LogP contribution is 2.40. The summed E-state index contributed by atoms with van der Waals surface area (Å²) < 4.78 is 41.4. The molecule has 2 saturated heterocycles. The molecule has 230 valence electrons. The lowest BCUT2D eigenvalue weighted by Gasteiger charge is -2.46. The molecule has 2 fully saturated rings. The molecule has 3 heterocycles. The summed E-state index contributed by atoms with van der Waals surface area (Å²) in [4.78, 5) is 30.5. The lowest BCUT2D eigenvalue weighted by atomic mass is 9.71. The van der Waals surface area contributed by atoms with E-state index in [0.717, 1.165) is 50.3 Å². The van der Waals surface area contributed by atoms with Crippen LogP contribution >= 0.6 is 0 Å². The minimum atomic E-state index is -4.41. The van der Waals surface area contributed by atoms with E-state index in [2.05, 4.69) is 50.6 Å². The van der Waals surface area contributed by atoms with Gasteiger partial charge in [0.2, 0.25) is 5.91 Å². The summed E-state index contributed by atoms with van der Waals surface area (Å²) in [6.45, 7) is 10.1. The first kappa shape index (κ1) is 30.8. The number of benzene rings is 2. The second kappa shape index (κ2) is 13.3. The third-order valence-electron chi connectivity index (χ3n) is 8.68. The number of alkyl halides is 3. The fourth-order valence-corrected chi connectivity index (χ4v) is 6.33. The Balaban J connectivity index is 1.30. The molecule has 0 saturated carbocycles. The van der Waals surface area contributed by atoms with Crippen molar-refractivity contribution in [2.45, 2.75) is 38.3 Å². The molecule has 1 aromatic heterocycles. The number of likely N-dealkylation sites (tertiary alicyclic amines) is 1. The molecule has 0 N–H and O–H groups in total. The van der Waals surface area contributed by atoms with E-state index in [1.807, 2.05) is 29.2 Å². The van der Waals surface area contributed by atoms with Crippen LogP contribution in [-0.2, 0) is 16.4 Å². The molecule has 0 spiro atoms. The van der Waals surface area contributed by atoms with Crippen molar-refractivity contribution in [1.29, 1.82) is 0 Å². The van der Waals surface area contributed by atoms with E-state index >= 15 is 0 Å². The van der Waals surface area contributed by atoms with Crippen molar-refractivity contribution in [2.75, 3.05) is 68.7 Å². The molecule has 2 aliphatic rings. The maximum Gasteiger partial charge on any atom is 0.416 e. The number of nitrogens with zero attached hydrogens (tertiary/aromatic N) is 6. The molecule has 3 aromatic rings. The van der Waals surface area contributed by atoms with Crippen LogP contribution in [0.15, 0.2) is 73.2 Å². The predicted octanol–water partition coefficient (Wildman–Crippen LogP) is 5.34. The van der Waals surface area contributed by atoms with Gasteiger partial charge in [-0.3, -0.25) is 14.7 Å². The Labute approximate surface area is 252 Å². The Morgan fingerprint density at radius 2 is 1.67 bits per heavy atom. The monoisotopic (exact) mass is 594 g/mol. The molecule has 10 heteroatoms. The molecule has 43 heavy (non-hydrogen) atoms. The van der Waals surface area contributed by atoms with Crippen molar-refractivity contribution < 1.29 is 18.0 Å². The standard InChI is InChI=1S/C33H41F3N6O/c1-26(2)23-42(29-9-4-3-5-10-29)25-32(27-7-6-8-28(21-27)33(34,35)36)11-15-41(16-12-32)31(43)24-39-17-19-40(20-18-39)30-22-37-13-14-38-30/h3-10,13-14,21-22,26H,11-12,15-20,23-25H2,1-2H3. The summed E-state index contributed by atoms with van der Waals surface area (Å²) in [5, 5.41) is 0. The van der Waals surface area contributed by atoms with Gasteiger partial charge in [-0.2, -0.15) is 13.2 Å². The summed E-state index contributed by atoms with van der Waals surface area (Å²) >= 11 is 0.